The van der Waals surface area contributed by atoms with Gasteiger partial charge in [-0.25, -0.2) is 5.43 Å². The molecule has 0 saturated heterocycles. The number of hydrogen-bond acceptors (Lipinski definition) is 5. The van der Waals surface area contributed by atoms with Gasteiger partial charge in [-0.15, -0.1) is 0 Å². The number of para-hydroxylation sites is 1. The lowest BCUT2D eigenvalue weighted by Crippen LogP contribution is -2.16. The van der Waals surface area contributed by atoms with Gasteiger partial charge >= 0.3 is 5.91 Å². The second kappa shape index (κ2) is 9.28. The van der Waals surface area contributed by atoms with Gasteiger partial charge in [-0.1, -0.05) is 36.4 Å². The Morgan fingerprint density at radius 2 is 1.94 bits per heavy atom. The maximum Gasteiger partial charge on any atom is 0.307 e. The van der Waals surface area contributed by atoms with Gasteiger partial charge in [-0.3, -0.25) is 4.79 Å². The molecule has 4 rings (SSSR count). The average Bonchev–Trinajstić information content (AvgIpc) is 3.23. The molecule has 0 saturated carbocycles. The van der Waals surface area contributed by atoms with Crippen molar-refractivity contribution in [1.29, 1.82) is 5.26 Å². The van der Waals surface area contributed by atoms with E-state index in [9.17, 15) is 10.1 Å². The number of nitriles is 1. The fourth-order valence-electron chi connectivity index (χ4n) is 2.94. The van der Waals surface area contributed by atoms with Crippen molar-refractivity contribution in [3.8, 4) is 11.8 Å². The molecule has 0 unspecified atom stereocenters. The minimum Gasteiger partial charge on any atom is -0.488 e. The van der Waals surface area contributed by atoms with E-state index in [4.69, 9.17) is 9.15 Å². The normalized spacial score (nSPS) is 10.8. The molecule has 0 radical (unpaired) electrons. The van der Waals surface area contributed by atoms with Gasteiger partial charge in [0.15, 0.2) is 5.76 Å². The summed E-state index contributed by atoms with van der Waals surface area (Å²) in [5.74, 6) is 0.403. The van der Waals surface area contributed by atoms with Gasteiger partial charge in [0.1, 0.15) is 17.9 Å². The summed E-state index contributed by atoms with van der Waals surface area (Å²) in [5, 5.41) is 14.0. The molecule has 152 valence electrons. The number of hydrazone groups is 1. The Balaban J connectivity index is 1.38. The molecule has 4 aromatic rings. The Labute approximate surface area is 186 Å². The van der Waals surface area contributed by atoms with Crippen LogP contribution in [0.3, 0.4) is 0 Å². The molecule has 7 heteroatoms. The zero-order chi connectivity index (χ0) is 21.6. The standard InChI is InChI=1S/C24H16BrN3O3/c25-20-11-16(9-10-22(20)30-15-19-7-2-1-6-18(19)13-26)14-27-28-24(29)23-12-17-5-3-4-8-21(17)31-23/h1-12,14H,15H2,(H,28,29)/b27-14+. The Bertz CT molecular complexity index is 1290. The van der Waals surface area contributed by atoms with E-state index < -0.39 is 5.91 Å². The van der Waals surface area contributed by atoms with E-state index in [1.165, 1.54) is 6.21 Å². The van der Waals surface area contributed by atoms with Crippen molar-refractivity contribution in [3.05, 3.63) is 99.7 Å². The predicted octanol–water partition coefficient (Wildman–Crippen LogP) is 5.41. The van der Waals surface area contributed by atoms with E-state index in [1.807, 2.05) is 48.5 Å². The highest BCUT2D eigenvalue weighted by Crippen LogP contribution is 2.27. The van der Waals surface area contributed by atoms with Crippen LogP contribution in [0.1, 0.15) is 27.2 Å². The molecule has 0 aliphatic carbocycles. The van der Waals surface area contributed by atoms with E-state index in [0.29, 0.717) is 16.9 Å². The van der Waals surface area contributed by atoms with Gasteiger partial charge in [-0.2, -0.15) is 10.4 Å². The highest BCUT2D eigenvalue weighted by molar-refractivity contribution is 9.10. The largest absolute Gasteiger partial charge is 0.488 e. The molecule has 6 nitrogen and oxygen atoms in total. The van der Waals surface area contributed by atoms with E-state index in [2.05, 4.69) is 32.5 Å². The first-order valence-electron chi connectivity index (χ1n) is 9.36. The van der Waals surface area contributed by atoms with Crippen molar-refractivity contribution in [3.63, 3.8) is 0 Å². The highest BCUT2D eigenvalue weighted by Gasteiger charge is 2.11. The van der Waals surface area contributed by atoms with Crippen LogP contribution >= 0.6 is 15.9 Å². The summed E-state index contributed by atoms with van der Waals surface area (Å²) in [5.41, 5.74) is 5.27. The highest BCUT2D eigenvalue weighted by atomic mass is 79.9. The Kier molecular flexibility index (Phi) is 6.11. The summed E-state index contributed by atoms with van der Waals surface area (Å²) in [7, 11) is 0. The van der Waals surface area contributed by atoms with E-state index >= 15 is 0 Å². The first-order valence-corrected chi connectivity index (χ1v) is 10.2. The predicted molar refractivity (Wildman–Crippen MR) is 121 cm³/mol. The zero-order valence-electron chi connectivity index (χ0n) is 16.2. The molecule has 31 heavy (non-hydrogen) atoms. The molecule has 1 aromatic heterocycles. The van der Waals surface area contributed by atoms with Crippen LogP contribution in [0.5, 0.6) is 5.75 Å². The number of ether oxygens (including phenoxy) is 1. The third-order valence-electron chi connectivity index (χ3n) is 4.51. The molecule has 0 spiro atoms. The molecule has 0 aliphatic rings. The maximum atomic E-state index is 12.2. The van der Waals surface area contributed by atoms with Crippen LogP contribution in [-0.2, 0) is 6.61 Å². The van der Waals surface area contributed by atoms with Gasteiger partial charge < -0.3 is 9.15 Å². The number of carbonyl (C=O) groups is 1. The van der Waals surface area contributed by atoms with Crippen LogP contribution in [0.2, 0.25) is 0 Å². The minimum atomic E-state index is -0.428. The number of benzene rings is 3. The van der Waals surface area contributed by atoms with Crippen molar-refractivity contribution in [2.45, 2.75) is 6.61 Å². The van der Waals surface area contributed by atoms with Gasteiger partial charge in [0.25, 0.3) is 0 Å². The summed E-state index contributed by atoms with van der Waals surface area (Å²) in [4.78, 5) is 12.2. The van der Waals surface area contributed by atoms with Crippen molar-refractivity contribution < 1.29 is 13.9 Å². The molecular weight excluding hydrogens is 458 g/mol. The monoisotopic (exact) mass is 473 g/mol. The van der Waals surface area contributed by atoms with Crippen molar-refractivity contribution in [1.82, 2.24) is 5.43 Å². The number of halogens is 1. The molecule has 1 amide bonds. The van der Waals surface area contributed by atoms with Gasteiger partial charge in [0, 0.05) is 10.9 Å². The lowest BCUT2D eigenvalue weighted by atomic mass is 10.1. The second-order valence-electron chi connectivity index (χ2n) is 6.60. The second-order valence-corrected chi connectivity index (χ2v) is 7.45. The number of hydrogen-bond donors (Lipinski definition) is 1. The smallest absolute Gasteiger partial charge is 0.307 e. The molecule has 0 atom stereocenters. The minimum absolute atomic E-state index is 0.195. The quantitative estimate of drug-likeness (QED) is 0.299. The summed E-state index contributed by atoms with van der Waals surface area (Å²) < 4.78 is 12.1. The van der Waals surface area contributed by atoms with Crippen molar-refractivity contribution in [2.24, 2.45) is 5.10 Å². The first-order chi connectivity index (χ1) is 15.1. The van der Waals surface area contributed by atoms with Gasteiger partial charge in [-0.05, 0) is 57.9 Å². The topological polar surface area (TPSA) is 87.6 Å². The Hall–Kier alpha value is -3.89. The number of fused-ring (bicyclic) bond motifs is 1. The third-order valence-corrected chi connectivity index (χ3v) is 5.13. The SMILES string of the molecule is N#Cc1ccccc1COc1ccc(/C=N/NC(=O)c2cc3ccccc3o2)cc1Br. The number of nitrogens with zero attached hydrogens (tertiary/aromatic N) is 2. The van der Waals surface area contributed by atoms with Gasteiger partial charge in [0.05, 0.1) is 22.3 Å². The van der Waals surface area contributed by atoms with Crippen LogP contribution in [-0.4, -0.2) is 12.1 Å². The molecule has 0 bridgehead atoms. The zero-order valence-corrected chi connectivity index (χ0v) is 17.8. The fourth-order valence-corrected chi connectivity index (χ4v) is 3.45. The molecule has 0 aliphatic heterocycles. The fraction of sp³-hybridized carbons (Fsp3) is 0.0417. The lowest BCUT2D eigenvalue weighted by Gasteiger charge is -2.09. The number of nitrogens with one attached hydrogen (secondary N) is 1. The van der Waals surface area contributed by atoms with Crippen LogP contribution in [0.15, 0.2) is 86.8 Å². The summed E-state index contributed by atoms with van der Waals surface area (Å²) in [6.45, 7) is 0.281. The summed E-state index contributed by atoms with van der Waals surface area (Å²) >= 11 is 3.48. The maximum absolute atomic E-state index is 12.2. The van der Waals surface area contributed by atoms with E-state index in [0.717, 1.165) is 21.0 Å². The summed E-state index contributed by atoms with van der Waals surface area (Å²) in [6.07, 6.45) is 1.53. The van der Waals surface area contributed by atoms with Crippen molar-refractivity contribution in [2.75, 3.05) is 0 Å². The Morgan fingerprint density at radius 1 is 1.13 bits per heavy atom. The van der Waals surface area contributed by atoms with Crippen LogP contribution < -0.4 is 10.2 Å². The average molecular weight is 474 g/mol. The first kappa shape index (κ1) is 20.4. The van der Waals surface area contributed by atoms with Crippen LogP contribution in [0.25, 0.3) is 11.0 Å². The number of furan rings is 1. The molecule has 0 fully saturated rings. The molecular formula is C24H16BrN3O3. The number of rotatable bonds is 6. The number of amides is 1. The number of carbonyl (C=O) groups excluding carboxylic acids is 1. The van der Waals surface area contributed by atoms with Crippen molar-refractivity contribution >= 4 is 39.0 Å². The summed E-state index contributed by atoms with van der Waals surface area (Å²) in [6, 6.07) is 24.0. The molecule has 3 aromatic carbocycles. The lowest BCUT2D eigenvalue weighted by molar-refractivity contribution is 0.0929. The van der Waals surface area contributed by atoms with Gasteiger partial charge in [0.2, 0.25) is 0 Å². The van der Waals surface area contributed by atoms with E-state index in [-0.39, 0.29) is 12.4 Å². The molecule has 1 N–H and O–H groups in total. The van der Waals surface area contributed by atoms with Crippen LogP contribution in [0, 0.1) is 11.3 Å². The third kappa shape index (κ3) is 4.82. The molecule has 1 heterocycles. The Morgan fingerprint density at radius 3 is 2.74 bits per heavy atom. The van der Waals surface area contributed by atoms with Crippen LogP contribution in [0.4, 0.5) is 0 Å². The van der Waals surface area contributed by atoms with E-state index in [1.54, 1.807) is 24.3 Å².